The normalized spacial score (nSPS) is 15.9. The Morgan fingerprint density at radius 3 is 2.13 bits per heavy atom. The molecule has 0 saturated heterocycles. The second-order valence-electron chi connectivity index (χ2n) is 6.31. The summed E-state index contributed by atoms with van der Waals surface area (Å²) in [5.41, 5.74) is 5.23. The molecule has 0 bridgehead atoms. The fourth-order valence-electron chi connectivity index (χ4n) is 2.70. The molecule has 0 aliphatic heterocycles. The van der Waals surface area contributed by atoms with Gasteiger partial charge in [-0.1, -0.05) is 93.6 Å². The number of halogens is 3. The zero-order chi connectivity index (χ0) is 17.9. The van der Waals surface area contributed by atoms with Crippen LogP contribution >= 0.6 is 34.8 Å². The van der Waals surface area contributed by atoms with Gasteiger partial charge in [0, 0.05) is 6.04 Å². The van der Waals surface area contributed by atoms with Crippen molar-refractivity contribution in [3.63, 3.8) is 0 Å². The Morgan fingerprint density at radius 1 is 1.13 bits per heavy atom. The molecule has 2 amide bonds. The minimum atomic E-state index is -1.73. The molecule has 3 atom stereocenters. The first-order valence-corrected chi connectivity index (χ1v) is 9.62. The van der Waals surface area contributed by atoms with E-state index < -0.39 is 15.9 Å². The van der Waals surface area contributed by atoms with Crippen LogP contribution in [0, 0.1) is 5.92 Å². The SMILES string of the molecule is CCCCCCCCCC(CC(C)C(O)C(Cl)(Cl)Cl)NC(N)=O. The highest BCUT2D eigenvalue weighted by Crippen LogP contribution is 2.35. The molecule has 0 aromatic heterocycles. The lowest BCUT2D eigenvalue weighted by atomic mass is 9.93. The Balaban J connectivity index is 4.18. The topological polar surface area (TPSA) is 75.3 Å². The van der Waals surface area contributed by atoms with E-state index in [0.29, 0.717) is 6.42 Å². The first-order chi connectivity index (χ1) is 10.7. The quantitative estimate of drug-likeness (QED) is 0.327. The van der Waals surface area contributed by atoms with Crippen molar-refractivity contribution in [2.75, 3.05) is 0 Å². The van der Waals surface area contributed by atoms with E-state index in [1.807, 2.05) is 0 Å². The average molecular weight is 390 g/mol. The summed E-state index contributed by atoms with van der Waals surface area (Å²) < 4.78 is -1.73. The predicted octanol–water partition coefficient (Wildman–Crippen LogP) is 4.92. The van der Waals surface area contributed by atoms with Crippen molar-refractivity contribution >= 4 is 40.8 Å². The third-order valence-electron chi connectivity index (χ3n) is 4.03. The Kier molecular flexibility index (Phi) is 12.5. The van der Waals surface area contributed by atoms with E-state index in [4.69, 9.17) is 40.5 Å². The number of amides is 2. The Hall–Kier alpha value is 0.1000. The first-order valence-electron chi connectivity index (χ1n) is 8.49. The van der Waals surface area contributed by atoms with Gasteiger partial charge in [-0.2, -0.15) is 0 Å². The van der Waals surface area contributed by atoms with Crippen molar-refractivity contribution in [1.29, 1.82) is 0 Å². The van der Waals surface area contributed by atoms with Crippen molar-refractivity contribution in [3.05, 3.63) is 0 Å². The third-order valence-corrected chi connectivity index (χ3v) is 4.70. The maximum atomic E-state index is 11.1. The molecule has 0 radical (unpaired) electrons. The number of aliphatic hydroxyl groups is 1. The first kappa shape index (κ1) is 23.1. The number of rotatable bonds is 12. The van der Waals surface area contributed by atoms with Crippen LogP contribution in [0.15, 0.2) is 0 Å². The molecule has 0 saturated carbocycles. The van der Waals surface area contributed by atoms with Gasteiger partial charge in [0.05, 0.1) is 0 Å². The van der Waals surface area contributed by atoms with Gasteiger partial charge in [0.2, 0.25) is 3.79 Å². The van der Waals surface area contributed by atoms with Gasteiger partial charge in [0.25, 0.3) is 0 Å². The molecule has 4 nitrogen and oxygen atoms in total. The van der Waals surface area contributed by atoms with Crippen molar-refractivity contribution in [3.8, 4) is 0 Å². The van der Waals surface area contributed by atoms with E-state index in [1.165, 1.54) is 32.1 Å². The van der Waals surface area contributed by atoms with Gasteiger partial charge in [-0.25, -0.2) is 4.79 Å². The number of alkyl halides is 3. The second-order valence-corrected chi connectivity index (χ2v) is 8.68. The van der Waals surface area contributed by atoms with Crippen LogP contribution in [-0.2, 0) is 0 Å². The van der Waals surface area contributed by atoms with E-state index in [1.54, 1.807) is 6.92 Å². The van der Waals surface area contributed by atoms with E-state index in [2.05, 4.69) is 12.2 Å². The van der Waals surface area contributed by atoms with Gasteiger partial charge in [-0.05, 0) is 18.8 Å². The average Bonchev–Trinajstić information content (AvgIpc) is 2.43. The van der Waals surface area contributed by atoms with Gasteiger partial charge in [0.1, 0.15) is 6.10 Å². The molecule has 0 aliphatic carbocycles. The lowest BCUT2D eigenvalue weighted by Crippen LogP contribution is -2.42. The molecule has 138 valence electrons. The highest BCUT2D eigenvalue weighted by Gasteiger charge is 2.35. The van der Waals surface area contributed by atoms with Crippen LogP contribution in [0.4, 0.5) is 4.79 Å². The number of carbonyl (C=O) groups excluding carboxylic acids is 1. The lowest BCUT2D eigenvalue weighted by molar-refractivity contribution is 0.108. The van der Waals surface area contributed by atoms with E-state index >= 15 is 0 Å². The standard InChI is InChI=1S/C16H31Cl3N2O2/c1-3-4-5-6-7-8-9-10-13(21-15(20)23)11-12(2)14(22)16(17,18)19/h12-14,22H,3-11H2,1-2H3,(H3,20,21,23). The number of primary amides is 1. The predicted molar refractivity (Wildman–Crippen MR) is 99.2 cm³/mol. The summed E-state index contributed by atoms with van der Waals surface area (Å²) in [6.07, 6.45) is 8.66. The largest absolute Gasteiger partial charge is 0.388 e. The highest BCUT2D eigenvalue weighted by atomic mass is 35.6. The van der Waals surface area contributed by atoms with Gasteiger partial charge >= 0.3 is 6.03 Å². The number of unbranched alkanes of at least 4 members (excludes halogenated alkanes) is 6. The summed E-state index contributed by atoms with van der Waals surface area (Å²) in [5, 5.41) is 12.7. The van der Waals surface area contributed by atoms with Crippen LogP contribution in [0.3, 0.4) is 0 Å². The Morgan fingerprint density at radius 2 is 1.65 bits per heavy atom. The van der Waals surface area contributed by atoms with E-state index in [-0.39, 0.29) is 12.0 Å². The molecule has 0 aromatic carbocycles. The number of hydrogen-bond donors (Lipinski definition) is 3. The molecule has 0 aliphatic rings. The maximum absolute atomic E-state index is 11.1. The second kappa shape index (κ2) is 12.5. The molecule has 0 fully saturated rings. The summed E-state index contributed by atoms with van der Waals surface area (Å²) in [7, 11) is 0. The zero-order valence-electron chi connectivity index (χ0n) is 14.2. The molecule has 4 N–H and O–H groups in total. The lowest BCUT2D eigenvalue weighted by Gasteiger charge is -2.28. The van der Waals surface area contributed by atoms with Gasteiger partial charge in [-0.15, -0.1) is 0 Å². The number of nitrogens with two attached hydrogens (primary N) is 1. The van der Waals surface area contributed by atoms with Crippen LogP contribution in [0.25, 0.3) is 0 Å². The summed E-state index contributed by atoms with van der Waals surface area (Å²) in [6.45, 7) is 4.00. The van der Waals surface area contributed by atoms with E-state index in [9.17, 15) is 9.90 Å². The van der Waals surface area contributed by atoms with Gasteiger partial charge in [0.15, 0.2) is 0 Å². The highest BCUT2D eigenvalue weighted by molar-refractivity contribution is 6.68. The number of carbonyl (C=O) groups is 1. The maximum Gasteiger partial charge on any atom is 0.312 e. The monoisotopic (exact) mass is 388 g/mol. The number of urea groups is 1. The molecule has 7 heteroatoms. The number of aliphatic hydroxyl groups excluding tert-OH is 1. The number of hydrogen-bond acceptors (Lipinski definition) is 2. The summed E-state index contributed by atoms with van der Waals surface area (Å²) >= 11 is 17.2. The summed E-state index contributed by atoms with van der Waals surface area (Å²) in [6, 6.07) is -0.673. The molecule has 0 spiro atoms. The molecule has 0 aromatic rings. The van der Waals surface area contributed by atoms with Crippen LogP contribution in [-0.4, -0.2) is 27.1 Å². The van der Waals surface area contributed by atoms with Crippen LogP contribution in [0.2, 0.25) is 0 Å². The van der Waals surface area contributed by atoms with Crippen molar-refractivity contribution in [1.82, 2.24) is 5.32 Å². The van der Waals surface area contributed by atoms with Gasteiger partial charge < -0.3 is 16.2 Å². The minimum Gasteiger partial charge on any atom is -0.388 e. The zero-order valence-corrected chi connectivity index (χ0v) is 16.4. The van der Waals surface area contributed by atoms with Crippen LogP contribution < -0.4 is 11.1 Å². The van der Waals surface area contributed by atoms with Crippen molar-refractivity contribution in [2.24, 2.45) is 11.7 Å². The van der Waals surface area contributed by atoms with E-state index in [0.717, 1.165) is 19.3 Å². The van der Waals surface area contributed by atoms with Crippen LogP contribution in [0.5, 0.6) is 0 Å². The molecule has 0 heterocycles. The molecular weight excluding hydrogens is 359 g/mol. The smallest absolute Gasteiger partial charge is 0.312 e. The Labute approximate surface area is 155 Å². The van der Waals surface area contributed by atoms with Crippen molar-refractivity contribution < 1.29 is 9.90 Å². The molecule has 3 unspecified atom stereocenters. The fourth-order valence-corrected chi connectivity index (χ4v) is 3.34. The summed E-state index contributed by atoms with van der Waals surface area (Å²) in [5.74, 6) is -0.260. The summed E-state index contributed by atoms with van der Waals surface area (Å²) in [4.78, 5) is 11.1. The van der Waals surface area contributed by atoms with Crippen molar-refractivity contribution in [2.45, 2.75) is 87.6 Å². The fraction of sp³-hybridized carbons (Fsp3) is 0.938. The molecule has 23 heavy (non-hydrogen) atoms. The van der Waals surface area contributed by atoms with Crippen LogP contribution in [0.1, 0.15) is 71.6 Å². The molecule has 0 rings (SSSR count). The van der Waals surface area contributed by atoms with Gasteiger partial charge in [-0.3, -0.25) is 0 Å². The minimum absolute atomic E-state index is 0.111. The molecular formula is C16H31Cl3N2O2. The third kappa shape index (κ3) is 12.2. The Bertz CT molecular complexity index is 325. The number of nitrogens with one attached hydrogen (secondary N) is 1.